The highest BCUT2D eigenvalue weighted by atomic mass is 35.5. The zero-order valence-corrected chi connectivity index (χ0v) is 9.16. The Bertz CT molecular complexity index is 600. The molecule has 0 N–H and O–H groups in total. The van der Waals surface area contributed by atoms with E-state index in [0.29, 0.717) is 5.02 Å². The van der Waals surface area contributed by atoms with E-state index < -0.39 is 0 Å². The van der Waals surface area contributed by atoms with Crippen LogP contribution in [-0.4, -0.2) is 14.4 Å². The van der Waals surface area contributed by atoms with Gasteiger partial charge in [-0.15, -0.1) is 11.3 Å². The molecule has 0 aliphatic carbocycles. The molecular weight excluding hydrogens is 230 g/mol. The Morgan fingerprint density at radius 3 is 3.07 bits per heavy atom. The minimum Gasteiger partial charge on any atom is -0.297 e. The molecule has 0 saturated carbocycles. The van der Waals surface area contributed by atoms with Crippen LogP contribution in [0.2, 0.25) is 5.02 Å². The van der Waals surface area contributed by atoms with E-state index in [1.54, 1.807) is 23.0 Å². The largest absolute Gasteiger partial charge is 0.297 e. The normalized spacial score (nSPS) is 11.0. The summed E-state index contributed by atoms with van der Waals surface area (Å²) in [4.78, 5) is 8.52. The van der Waals surface area contributed by atoms with Gasteiger partial charge in [0.1, 0.15) is 0 Å². The standard InChI is InChI=1S/C10H6ClN3S/c11-7-2-1-3-14-9(4-12-10(7)14)8-5-15-6-13-8/h1-6H. The van der Waals surface area contributed by atoms with Crippen molar-refractivity contribution in [3.05, 3.63) is 40.4 Å². The van der Waals surface area contributed by atoms with Crippen LogP contribution in [0.25, 0.3) is 17.0 Å². The monoisotopic (exact) mass is 235 g/mol. The molecule has 0 atom stereocenters. The van der Waals surface area contributed by atoms with Gasteiger partial charge in [0.25, 0.3) is 0 Å². The van der Waals surface area contributed by atoms with Gasteiger partial charge in [0.2, 0.25) is 0 Å². The van der Waals surface area contributed by atoms with Crippen molar-refractivity contribution in [1.29, 1.82) is 0 Å². The SMILES string of the molecule is Clc1cccn2c(-c3cscn3)cnc12. The number of thiazole rings is 1. The van der Waals surface area contributed by atoms with E-state index in [0.717, 1.165) is 17.0 Å². The number of imidazole rings is 1. The molecule has 0 aliphatic rings. The summed E-state index contributed by atoms with van der Waals surface area (Å²) >= 11 is 7.60. The molecule has 0 radical (unpaired) electrons. The molecule has 74 valence electrons. The second-order valence-corrected chi connectivity index (χ2v) is 4.19. The van der Waals surface area contributed by atoms with E-state index in [1.165, 1.54) is 0 Å². The lowest BCUT2D eigenvalue weighted by Crippen LogP contribution is -1.87. The number of aromatic nitrogens is 3. The zero-order chi connectivity index (χ0) is 10.3. The Kier molecular flexibility index (Phi) is 1.97. The lowest BCUT2D eigenvalue weighted by molar-refractivity contribution is 1.18. The Morgan fingerprint density at radius 2 is 2.27 bits per heavy atom. The molecule has 3 nitrogen and oxygen atoms in total. The van der Waals surface area contributed by atoms with E-state index in [4.69, 9.17) is 11.6 Å². The molecular formula is C10H6ClN3S. The number of pyridine rings is 1. The summed E-state index contributed by atoms with van der Waals surface area (Å²) in [6.07, 6.45) is 3.72. The van der Waals surface area contributed by atoms with Crippen molar-refractivity contribution in [3.8, 4) is 11.4 Å². The van der Waals surface area contributed by atoms with Crippen LogP contribution < -0.4 is 0 Å². The first-order valence-electron chi connectivity index (χ1n) is 4.36. The highest BCUT2D eigenvalue weighted by molar-refractivity contribution is 7.07. The lowest BCUT2D eigenvalue weighted by Gasteiger charge is -1.98. The van der Waals surface area contributed by atoms with Crippen molar-refractivity contribution >= 4 is 28.6 Å². The van der Waals surface area contributed by atoms with Crippen molar-refractivity contribution in [2.75, 3.05) is 0 Å². The highest BCUT2D eigenvalue weighted by Crippen LogP contribution is 2.23. The van der Waals surface area contributed by atoms with Crippen molar-refractivity contribution in [1.82, 2.24) is 14.4 Å². The molecule has 0 fully saturated rings. The minimum absolute atomic E-state index is 0.652. The van der Waals surface area contributed by atoms with Gasteiger partial charge < -0.3 is 0 Å². The number of nitrogens with zero attached hydrogens (tertiary/aromatic N) is 3. The number of hydrogen-bond donors (Lipinski definition) is 0. The van der Waals surface area contributed by atoms with Crippen LogP contribution in [0.3, 0.4) is 0 Å². The van der Waals surface area contributed by atoms with Crippen molar-refractivity contribution in [3.63, 3.8) is 0 Å². The van der Waals surface area contributed by atoms with Gasteiger partial charge in [0.15, 0.2) is 5.65 Å². The average Bonchev–Trinajstić information content (AvgIpc) is 2.85. The maximum absolute atomic E-state index is 6.03. The van der Waals surface area contributed by atoms with Crippen LogP contribution in [0.4, 0.5) is 0 Å². The maximum atomic E-state index is 6.03. The molecule has 0 spiro atoms. The first-order chi connectivity index (χ1) is 7.36. The van der Waals surface area contributed by atoms with Crippen molar-refractivity contribution < 1.29 is 0 Å². The van der Waals surface area contributed by atoms with E-state index >= 15 is 0 Å². The second-order valence-electron chi connectivity index (χ2n) is 3.07. The summed E-state index contributed by atoms with van der Waals surface area (Å²) < 4.78 is 1.94. The third-order valence-electron chi connectivity index (χ3n) is 2.18. The third kappa shape index (κ3) is 1.33. The van der Waals surface area contributed by atoms with Crippen LogP contribution >= 0.6 is 22.9 Å². The summed E-state index contributed by atoms with van der Waals surface area (Å²) in [5, 5.41) is 2.64. The molecule has 5 heteroatoms. The van der Waals surface area contributed by atoms with Gasteiger partial charge >= 0.3 is 0 Å². The number of halogens is 1. The lowest BCUT2D eigenvalue weighted by atomic mass is 10.3. The smallest absolute Gasteiger partial charge is 0.156 e. The molecule has 3 heterocycles. The number of hydrogen-bond acceptors (Lipinski definition) is 3. The number of fused-ring (bicyclic) bond motifs is 1. The van der Waals surface area contributed by atoms with E-state index in [9.17, 15) is 0 Å². The van der Waals surface area contributed by atoms with Crippen molar-refractivity contribution in [2.45, 2.75) is 0 Å². The summed E-state index contributed by atoms with van der Waals surface area (Å²) in [6, 6.07) is 3.72. The fourth-order valence-electron chi connectivity index (χ4n) is 1.51. The Labute approximate surface area is 95.0 Å². The summed E-state index contributed by atoms with van der Waals surface area (Å²) in [5.74, 6) is 0. The van der Waals surface area contributed by atoms with Gasteiger partial charge in [-0.2, -0.15) is 0 Å². The van der Waals surface area contributed by atoms with Gasteiger partial charge in [-0.05, 0) is 12.1 Å². The molecule has 0 saturated heterocycles. The maximum Gasteiger partial charge on any atom is 0.156 e. The van der Waals surface area contributed by atoms with Gasteiger partial charge in [0, 0.05) is 11.6 Å². The summed E-state index contributed by atoms with van der Waals surface area (Å²) in [7, 11) is 0. The summed E-state index contributed by atoms with van der Waals surface area (Å²) in [5.41, 5.74) is 4.46. The molecule has 3 aromatic rings. The second kappa shape index (κ2) is 3.32. The molecule has 0 amide bonds. The van der Waals surface area contributed by atoms with Crippen LogP contribution in [0, 0.1) is 0 Å². The van der Waals surface area contributed by atoms with E-state index in [2.05, 4.69) is 9.97 Å². The fraction of sp³-hybridized carbons (Fsp3) is 0. The predicted molar refractivity (Wildman–Crippen MR) is 61.3 cm³/mol. The molecule has 15 heavy (non-hydrogen) atoms. The molecule has 0 unspecified atom stereocenters. The Hall–Kier alpha value is -1.39. The molecule has 0 aromatic carbocycles. The van der Waals surface area contributed by atoms with Gasteiger partial charge in [-0.1, -0.05) is 11.6 Å². The third-order valence-corrected chi connectivity index (χ3v) is 3.06. The average molecular weight is 236 g/mol. The first-order valence-corrected chi connectivity index (χ1v) is 5.68. The topological polar surface area (TPSA) is 30.2 Å². The Balaban J connectivity index is 2.34. The van der Waals surface area contributed by atoms with Gasteiger partial charge in [-0.25, -0.2) is 9.97 Å². The van der Waals surface area contributed by atoms with E-state index in [1.807, 2.05) is 28.1 Å². The first kappa shape index (κ1) is 8.88. The van der Waals surface area contributed by atoms with Gasteiger partial charge in [-0.3, -0.25) is 4.40 Å². The quantitative estimate of drug-likeness (QED) is 0.649. The summed E-state index contributed by atoms with van der Waals surface area (Å²) in [6.45, 7) is 0. The molecule has 3 rings (SSSR count). The zero-order valence-electron chi connectivity index (χ0n) is 7.59. The number of rotatable bonds is 1. The Morgan fingerprint density at radius 1 is 1.33 bits per heavy atom. The molecule has 0 bridgehead atoms. The molecule has 3 aromatic heterocycles. The van der Waals surface area contributed by atoms with Crippen LogP contribution in [0.5, 0.6) is 0 Å². The van der Waals surface area contributed by atoms with Crippen LogP contribution in [0.1, 0.15) is 0 Å². The van der Waals surface area contributed by atoms with Crippen LogP contribution in [-0.2, 0) is 0 Å². The van der Waals surface area contributed by atoms with Crippen LogP contribution in [0.15, 0.2) is 35.4 Å². The van der Waals surface area contributed by atoms with Crippen molar-refractivity contribution in [2.24, 2.45) is 0 Å². The molecule has 0 aliphatic heterocycles. The van der Waals surface area contributed by atoms with E-state index in [-0.39, 0.29) is 0 Å². The predicted octanol–water partition coefficient (Wildman–Crippen LogP) is 3.11. The fourth-order valence-corrected chi connectivity index (χ4v) is 2.26. The minimum atomic E-state index is 0.652. The highest BCUT2D eigenvalue weighted by Gasteiger charge is 2.08. The van der Waals surface area contributed by atoms with Gasteiger partial charge in [0.05, 0.1) is 28.1 Å².